The van der Waals surface area contributed by atoms with E-state index in [2.05, 4.69) is 0 Å². The highest BCUT2D eigenvalue weighted by Gasteiger charge is 2.50. The number of aliphatic carboxylic acids is 2. The van der Waals surface area contributed by atoms with Crippen LogP contribution in [0.1, 0.15) is 38.5 Å². The van der Waals surface area contributed by atoms with E-state index in [-0.39, 0.29) is 12.3 Å². The van der Waals surface area contributed by atoms with E-state index in [9.17, 15) is 14.7 Å². The van der Waals surface area contributed by atoms with Gasteiger partial charge in [0.2, 0.25) is 0 Å². The second kappa shape index (κ2) is 4.66. The molecule has 0 aromatic carbocycles. The van der Waals surface area contributed by atoms with Gasteiger partial charge in [-0.3, -0.25) is 4.79 Å². The van der Waals surface area contributed by atoms with Crippen LogP contribution in [0, 0.1) is 29.6 Å². The van der Waals surface area contributed by atoms with E-state index in [0.717, 1.165) is 37.5 Å². The van der Waals surface area contributed by atoms with Crippen LogP contribution in [0.15, 0.2) is 11.6 Å². The van der Waals surface area contributed by atoms with Gasteiger partial charge in [0, 0.05) is 5.57 Å². The molecule has 4 bridgehead atoms. The van der Waals surface area contributed by atoms with Crippen LogP contribution in [0.4, 0.5) is 0 Å². The van der Waals surface area contributed by atoms with Gasteiger partial charge in [-0.2, -0.15) is 0 Å². The predicted molar refractivity (Wildman–Crippen MR) is 68.5 cm³/mol. The quantitative estimate of drug-likeness (QED) is 0.765. The fourth-order valence-electron chi connectivity index (χ4n) is 5.00. The van der Waals surface area contributed by atoms with E-state index in [1.54, 1.807) is 0 Å². The molecule has 0 heterocycles. The number of carbonyl (C=O) groups is 2. The molecule has 0 saturated heterocycles. The van der Waals surface area contributed by atoms with E-state index in [1.165, 1.54) is 12.5 Å². The Morgan fingerprint density at radius 3 is 1.89 bits per heavy atom. The summed E-state index contributed by atoms with van der Waals surface area (Å²) in [4.78, 5) is 22.2. The molecule has 2 N–H and O–H groups in total. The molecule has 0 aromatic heterocycles. The fraction of sp³-hybridized carbons (Fsp3) is 0.733. The second-order valence-corrected chi connectivity index (χ2v) is 6.52. The Bertz CT molecular complexity index is 409. The Hall–Kier alpha value is -1.32. The Balaban J connectivity index is 1.84. The van der Waals surface area contributed by atoms with Crippen molar-refractivity contribution in [2.75, 3.05) is 0 Å². The van der Waals surface area contributed by atoms with Crippen LogP contribution in [-0.4, -0.2) is 22.2 Å². The zero-order chi connectivity index (χ0) is 13.6. The summed E-state index contributed by atoms with van der Waals surface area (Å²) < 4.78 is 0. The molecule has 4 aliphatic carbocycles. The first-order valence-electron chi connectivity index (χ1n) is 7.19. The molecular formula is C15H20O4. The minimum absolute atomic E-state index is 0.102. The van der Waals surface area contributed by atoms with Crippen molar-refractivity contribution >= 4 is 11.9 Å². The molecule has 0 amide bonds. The molecule has 4 nitrogen and oxygen atoms in total. The van der Waals surface area contributed by atoms with Gasteiger partial charge in [0.15, 0.2) is 0 Å². The highest BCUT2D eigenvalue weighted by molar-refractivity contribution is 5.88. The van der Waals surface area contributed by atoms with Gasteiger partial charge in [0.25, 0.3) is 0 Å². The van der Waals surface area contributed by atoms with Crippen molar-refractivity contribution in [3.05, 3.63) is 11.6 Å². The normalized spacial score (nSPS) is 40.4. The average Bonchev–Trinajstić information content (AvgIpc) is 2.30. The minimum atomic E-state index is -0.956. The average molecular weight is 264 g/mol. The zero-order valence-electron chi connectivity index (χ0n) is 10.9. The van der Waals surface area contributed by atoms with Crippen LogP contribution in [-0.2, 0) is 9.59 Å². The number of carboxylic acids is 2. The summed E-state index contributed by atoms with van der Waals surface area (Å²) in [5.41, 5.74) is 0.371. The largest absolute Gasteiger partial charge is 0.481 e. The number of rotatable bonds is 4. The third kappa shape index (κ3) is 2.28. The Kier molecular flexibility index (Phi) is 3.11. The molecule has 4 saturated carbocycles. The summed E-state index contributed by atoms with van der Waals surface area (Å²) in [5, 5.41) is 18.2. The van der Waals surface area contributed by atoms with Crippen molar-refractivity contribution < 1.29 is 19.8 Å². The van der Waals surface area contributed by atoms with Crippen LogP contribution in [0.3, 0.4) is 0 Å². The molecule has 4 aliphatic rings. The molecule has 0 spiro atoms. The lowest BCUT2D eigenvalue weighted by Gasteiger charge is -2.54. The molecule has 19 heavy (non-hydrogen) atoms. The van der Waals surface area contributed by atoms with Gasteiger partial charge in [-0.15, -0.1) is 0 Å². The summed E-state index contributed by atoms with van der Waals surface area (Å²) in [6.07, 6.45) is 7.19. The Morgan fingerprint density at radius 2 is 1.47 bits per heavy atom. The van der Waals surface area contributed by atoms with Crippen LogP contribution in [0.25, 0.3) is 0 Å². The van der Waals surface area contributed by atoms with Gasteiger partial charge in [-0.05, 0) is 61.7 Å². The SMILES string of the molecule is O=C(O)C/C=C(\C(=O)O)C1C2CC3CC(C2)CC1C3. The topological polar surface area (TPSA) is 74.6 Å². The van der Waals surface area contributed by atoms with E-state index in [4.69, 9.17) is 5.11 Å². The smallest absolute Gasteiger partial charge is 0.331 e. The van der Waals surface area contributed by atoms with Crippen molar-refractivity contribution in [1.29, 1.82) is 0 Å². The Labute approximate surface area is 112 Å². The summed E-state index contributed by atoms with van der Waals surface area (Å²) >= 11 is 0. The predicted octanol–water partition coefficient (Wildman–Crippen LogP) is 2.54. The maximum Gasteiger partial charge on any atom is 0.331 e. The molecule has 4 rings (SSSR count). The first-order valence-corrected chi connectivity index (χ1v) is 7.19. The van der Waals surface area contributed by atoms with Crippen LogP contribution in [0.5, 0.6) is 0 Å². The van der Waals surface area contributed by atoms with Gasteiger partial charge >= 0.3 is 11.9 Å². The first-order chi connectivity index (χ1) is 9.04. The zero-order valence-corrected chi connectivity index (χ0v) is 10.9. The second-order valence-electron chi connectivity index (χ2n) is 6.52. The van der Waals surface area contributed by atoms with Crippen LogP contribution in [0.2, 0.25) is 0 Å². The van der Waals surface area contributed by atoms with Crippen molar-refractivity contribution in [2.45, 2.75) is 38.5 Å². The monoisotopic (exact) mass is 264 g/mol. The lowest BCUT2D eigenvalue weighted by Crippen LogP contribution is -2.46. The molecule has 0 radical (unpaired) electrons. The summed E-state index contributed by atoms with van der Waals surface area (Å²) in [7, 11) is 0. The van der Waals surface area contributed by atoms with Crippen molar-refractivity contribution in [1.82, 2.24) is 0 Å². The molecule has 0 aliphatic heterocycles. The lowest BCUT2D eigenvalue weighted by atomic mass is 9.50. The maximum atomic E-state index is 11.5. The van der Waals surface area contributed by atoms with E-state index < -0.39 is 11.9 Å². The first kappa shape index (κ1) is 12.7. The molecule has 0 unspecified atom stereocenters. The van der Waals surface area contributed by atoms with Gasteiger partial charge in [0.1, 0.15) is 0 Å². The molecule has 0 aromatic rings. The van der Waals surface area contributed by atoms with Gasteiger partial charge < -0.3 is 10.2 Å². The number of hydrogen-bond donors (Lipinski definition) is 2. The standard InChI is InChI=1S/C15H20O4/c16-13(17)2-1-12(15(18)19)14-10-4-8-3-9(6-10)7-11(14)5-8/h1,8-11,14H,2-7H2,(H,16,17)(H,18,19)/b12-1-. The highest BCUT2D eigenvalue weighted by atomic mass is 16.4. The summed E-state index contributed by atoms with van der Waals surface area (Å²) in [6, 6.07) is 0. The van der Waals surface area contributed by atoms with E-state index in [1.807, 2.05) is 0 Å². The lowest BCUT2D eigenvalue weighted by molar-refractivity contribution is -0.136. The van der Waals surface area contributed by atoms with Crippen molar-refractivity contribution in [2.24, 2.45) is 29.6 Å². The van der Waals surface area contributed by atoms with Gasteiger partial charge in [0.05, 0.1) is 6.42 Å². The van der Waals surface area contributed by atoms with Crippen molar-refractivity contribution in [3.63, 3.8) is 0 Å². The molecule has 104 valence electrons. The third-order valence-corrected chi connectivity index (χ3v) is 5.33. The van der Waals surface area contributed by atoms with Gasteiger partial charge in [-0.1, -0.05) is 6.08 Å². The summed E-state index contributed by atoms with van der Waals surface area (Å²) in [6.45, 7) is 0. The molecule has 4 fully saturated rings. The Morgan fingerprint density at radius 1 is 0.947 bits per heavy atom. The molecule has 4 heteroatoms. The number of hydrogen-bond acceptors (Lipinski definition) is 2. The van der Waals surface area contributed by atoms with Gasteiger partial charge in [-0.25, -0.2) is 4.79 Å². The van der Waals surface area contributed by atoms with Crippen LogP contribution < -0.4 is 0 Å². The summed E-state index contributed by atoms with van der Waals surface area (Å²) in [5.74, 6) is 0.785. The van der Waals surface area contributed by atoms with Crippen molar-refractivity contribution in [3.8, 4) is 0 Å². The van der Waals surface area contributed by atoms with Crippen LogP contribution >= 0.6 is 0 Å². The molecule has 0 atom stereocenters. The number of carboxylic acid groups (broad SMARTS) is 2. The van der Waals surface area contributed by atoms with E-state index >= 15 is 0 Å². The third-order valence-electron chi connectivity index (χ3n) is 5.33. The minimum Gasteiger partial charge on any atom is -0.481 e. The fourth-order valence-corrected chi connectivity index (χ4v) is 5.00. The molecular weight excluding hydrogens is 244 g/mol. The maximum absolute atomic E-state index is 11.5. The highest BCUT2D eigenvalue weighted by Crippen LogP contribution is 2.58. The van der Waals surface area contributed by atoms with E-state index in [0.29, 0.717) is 17.4 Å².